The van der Waals surface area contributed by atoms with Gasteiger partial charge in [0.15, 0.2) is 0 Å². The van der Waals surface area contributed by atoms with Crippen LogP contribution in [0.15, 0.2) is 18.3 Å². The largest absolute Gasteiger partial charge is 0.387 e. The van der Waals surface area contributed by atoms with E-state index in [0.717, 1.165) is 17.9 Å². The van der Waals surface area contributed by atoms with Gasteiger partial charge in [0.2, 0.25) is 0 Å². The van der Waals surface area contributed by atoms with Crippen LogP contribution in [0.4, 0.5) is 5.69 Å². The first-order valence-electron chi connectivity index (χ1n) is 7.17. The van der Waals surface area contributed by atoms with Crippen molar-refractivity contribution in [1.29, 1.82) is 0 Å². The van der Waals surface area contributed by atoms with E-state index >= 15 is 0 Å². The molecular weight excluding hydrogens is 238 g/mol. The van der Waals surface area contributed by atoms with Crippen LogP contribution in [0.3, 0.4) is 0 Å². The highest BCUT2D eigenvalue weighted by molar-refractivity contribution is 5.45. The first-order valence-corrected chi connectivity index (χ1v) is 7.17. The predicted octanol–water partition coefficient (Wildman–Crippen LogP) is 2.06. The first-order chi connectivity index (χ1) is 9.11. The van der Waals surface area contributed by atoms with Gasteiger partial charge in [-0.25, -0.2) is 0 Å². The number of aliphatic hydroxyl groups excluding tert-OH is 1. The fourth-order valence-electron chi connectivity index (χ4n) is 2.68. The lowest BCUT2D eigenvalue weighted by atomic mass is 10.0. The summed E-state index contributed by atoms with van der Waals surface area (Å²) >= 11 is 0. The molecule has 4 nitrogen and oxygen atoms in total. The highest BCUT2D eigenvalue weighted by Crippen LogP contribution is 2.22. The molecule has 2 heterocycles. The minimum atomic E-state index is -0.444. The number of pyridine rings is 1. The standard InChI is InChI=1S/C15H25N3O/c1-4-15(19)14-8-7-12(10-16-14)18(3)13-6-5-9-17(2)11-13/h7-8,10,13,15,19H,4-6,9,11H2,1-3H3/t13?,15-/m0/s1. The molecule has 0 spiro atoms. The monoisotopic (exact) mass is 263 g/mol. The van der Waals surface area contributed by atoms with Crippen LogP contribution >= 0.6 is 0 Å². The number of nitrogens with zero attached hydrogens (tertiary/aromatic N) is 3. The Hall–Kier alpha value is -1.13. The summed E-state index contributed by atoms with van der Waals surface area (Å²) in [5, 5.41) is 9.76. The molecule has 1 saturated heterocycles. The Kier molecular flexibility index (Phi) is 4.77. The maximum Gasteiger partial charge on any atom is 0.0957 e. The Bertz CT molecular complexity index is 393. The third-order valence-electron chi connectivity index (χ3n) is 4.05. The molecule has 1 fully saturated rings. The Morgan fingerprint density at radius 3 is 2.89 bits per heavy atom. The molecule has 1 N–H and O–H groups in total. The zero-order chi connectivity index (χ0) is 13.8. The van der Waals surface area contributed by atoms with Crippen LogP contribution in [-0.4, -0.2) is 48.2 Å². The molecule has 0 aromatic carbocycles. The number of anilines is 1. The molecule has 1 aromatic rings. The SMILES string of the molecule is CC[C@H](O)c1ccc(N(C)C2CCCN(C)C2)cn1. The van der Waals surface area contributed by atoms with Gasteiger partial charge in [-0.15, -0.1) is 0 Å². The van der Waals surface area contributed by atoms with Crippen molar-refractivity contribution in [3.05, 3.63) is 24.0 Å². The number of likely N-dealkylation sites (N-methyl/N-ethyl adjacent to an activating group) is 2. The third-order valence-corrected chi connectivity index (χ3v) is 4.05. The second-order valence-corrected chi connectivity index (χ2v) is 5.53. The lowest BCUT2D eigenvalue weighted by Crippen LogP contribution is -2.45. The Labute approximate surface area is 116 Å². The number of hydrogen-bond donors (Lipinski definition) is 1. The van der Waals surface area contributed by atoms with E-state index in [-0.39, 0.29) is 0 Å². The first kappa shape index (κ1) is 14.3. The molecule has 106 valence electrons. The maximum atomic E-state index is 9.76. The second kappa shape index (κ2) is 6.35. The molecule has 1 unspecified atom stereocenters. The smallest absolute Gasteiger partial charge is 0.0957 e. The molecule has 0 aliphatic carbocycles. The van der Waals surface area contributed by atoms with Gasteiger partial charge in [0.05, 0.1) is 23.7 Å². The van der Waals surface area contributed by atoms with E-state index in [1.807, 2.05) is 19.2 Å². The highest BCUT2D eigenvalue weighted by Gasteiger charge is 2.21. The van der Waals surface area contributed by atoms with Crippen molar-refractivity contribution in [2.24, 2.45) is 0 Å². The molecule has 1 aromatic heterocycles. The van der Waals surface area contributed by atoms with E-state index in [4.69, 9.17) is 0 Å². The topological polar surface area (TPSA) is 39.6 Å². The van der Waals surface area contributed by atoms with Gasteiger partial charge in [0, 0.05) is 19.6 Å². The molecule has 0 saturated carbocycles. The molecule has 1 aliphatic rings. The molecular formula is C15H25N3O. The van der Waals surface area contributed by atoms with Crippen LogP contribution in [-0.2, 0) is 0 Å². The van der Waals surface area contributed by atoms with Gasteiger partial charge in [0.25, 0.3) is 0 Å². The Balaban J connectivity index is 2.04. The number of likely N-dealkylation sites (tertiary alicyclic amines) is 1. The van der Waals surface area contributed by atoms with Gasteiger partial charge in [0.1, 0.15) is 0 Å². The van der Waals surface area contributed by atoms with Gasteiger partial charge >= 0.3 is 0 Å². The van der Waals surface area contributed by atoms with E-state index in [1.54, 1.807) is 0 Å². The van der Waals surface area contributed by atoms with Crippen molar-refractivity contribution in [1.82, 2.24) is 9.88 Å². The minimum absolute atomic E-state index is 0.444. The second-order valence-electron chi connectivity index (χ2n) is 5.53. The lowest BCUT2D eigenvalue weighted by Gasteiger charge is -2.37. The average molecular weight is 263 g/mol. The van der Waals surface area contributed by atoms with Crippen LogP contribution in [0.5, 0.6) is 0 Å². The van der Waals surface area contributed by atoms with Crippen molar-refractivity contribution in [2.45, 2.75) is 38.3 Å². The normalized spacial score (nSPS) is 22.2. The molecule has 2 atom stereocenters. The fourth-order valence-corrected chi connectivity index (χ4v) is 2.68. The van der Waals surface area contributed by atoms with Crippen molar-refractivity contribution in [2.75, 3.05) is 32.1 Å². The molecule has 0 amide bonds. The van der Waals surface area contributed by atoms with E-state index in [9.17, 15) is 5.11 Å². The minimum Gasteiger partial charge on any atom is -0.387 e. The highest BCUT2D eigenvalue weighted by atomic mass is 16.3. The summed E-state index contributed by atoms with van der Waals surface area (Å²) < 4.78 is 0. The van der Waals surface area contributed by atoms with E-state index in [0.29, 0.717) is 12.5 Å². The quantitative estimate of drug-likeness (QED) is 0.902. The summed E-state index contributed by atoms with van der Waals surface area (Å²) in [4.78, 5) is 9.07. The van der Waals surface area contributed by atoms with E-state index in [1.165, 1.54) is 19.4 Å². The van der Waals surface area contributed by atoms with Crippen LogP contribution in [0.2, 0.25) is 0 Å². The summed E-state index contributed by atoms with van der Waals surface area (Å²) in [6.45, 7) is 4.27. The zero-order valence-corrected chi connectivity index (χ0v) is 12.2. The van der Waals surface area contributed by atoms with Crippen LogP contribution in [0.1, 0.15) is 38.0 Å². The summed E-state index contributed by atoms with van der Waals surface area (Å²) in [6.07, 6.45) is 4.63. The number of piperidine rings is 1. The molecule has 0 radical (unpaired) electrons. The number of hydrogen-bond acceptors (Lipinski definition) is 4. The molecule has 0 bridgehead atoms. The zero-order valence-electron chi connectivity index (χ0n) is 12.2. The van der Waals surface area contributed by atoms with Gasteiger partial charge < -0.3 is 14.9 Å². The third kappa shape index (κ3) is 3.45. The van der Waals surface area contributed by atoms with E-state index < -0.39 is 6.10 Å². The lowest BCUT2D eigenvalue weighted by molar-refractivity contribution is 0.169. The Morgan fingerprint density at radius 1 is 1.53 bits per heavy atom. The summed E-state index contributed by atoms with van der Waals surface area (Å²) in [6, 6.07) is 4.56. The fraction of sp³-hybridized carbons (Fsp3) is 0.667. The van der Waals surface area contributed by atoms with Crippen molar-refractivity contribution in [3.63, 3.8) is 0 Å². The van der Waals surface area contributed by atoms with Crippen LogP contribution in [0.25, 0.3) is 0 Å². The summed E-state index contributed by atoms with van der Waals surface area (Å²) in [5.41, 5.74) is 1.90. The Morgan fingerprint density at radius 2 is 2.32 bits per heavy atom. The summed E-state index contributed by atoms with van der Waals surface area (Å²) in [7, 11) is 4.32. The maximum absolute atomic E-state index is 9.76. The molecule has 19 heavy (non-hydrogen) atoms. The van der Waals surface area contributed by atoms with E-state index in [2.05, 4.69) is 34.9 Å². The predicted molar refractivity (Wildman–Crippen MR) is 78.4 cm³/mol. The van der Waals surface area contributed by atoms with Gasteiger partial charge in [-0.05, 0) is 45.0 Å². The van der Waals surface area contributed by atoms with Crippen LogP contribution < -0.4 is 4.90 Å². The van der Waals surface area contributed by atoms with Crippen molar-refractivity contribution >= 4 is 5.69 Å². The number of aromatic nitrogens is 1. The summed E-state index contributed by atoms with van der Waals surface area (Å²) in [5.74, 6) is 0. The van der Waals surface area contributed by atoms with Crippen molar-refractivity contribution < 1.29 is 5.11 Å². The molecule has 2 rings (SSSR count). The van der Waals surface area contributed by atoms with Gasteiger partial charge in [-0.1, -0.05) is 6.92 Å². The molecule has 4 heteroatoms. The van der Waals surface area contributed by atoms with Gasteiger partial charge in [-0.3, -0.25) is 4.98 Å². The number of aliphatic hydroxyl groups is 1. The molecule has 1 aliphatic heterocycles. The number of rotatable bonds is 4. The van der Waals surface area contributed by atoms with Crippen LogP contribution in [0, 0.1) is 0 Å². The average Bonchev–Trinajstić information content (AvgIpc) is 2.46. The van der Waals surface area contributed by atoms with Gasteiger partial charge in [-0.2, -0.15) is 0 Å². The van der Waals surface area contributed by atoms with Crippen molar-refractivity contribution in [3.8, 4) is 0 Å².